The van der Waals surface area contributed by atoms with Gasteiger partial charge in [-0.2, -0.15) is 0 Å². The van der Waals surface area contributed by atoms with E-state index in [4.69, 9.17) is 4.74 Å². The maximum Gasteiger partial charge on any atom is 0.269 e. The number of carbonyl (C=O) groups is 3. The minimum atomic E-state index is -1.42. The smallest absolute Gasteiger partial charge is 0.269 e. The summed E-state index contributed by atoms with van der Waals surface area (Å²) in [6.07, 6.45) is 5.52. The van der Waals surface area contributed by atoms with E-state index >= 15 is 0 Å². The quantitative estimate of drug-likeness (QED) is 0.163. The van der Waals surface area contributed by atoms with E-state index in [1.54, 1.807) is 31.2 Å². The number of ketones is 1. The number of methoxy groups -OCH3 is 1. The fourth-order valence-electron chi connectivity index (χ4n) is 4.45. The number of Topliss-reactive ketones (excluding diaryl/α,β-unsaturated/α-hetero) is 1. The second kappa shape index (κ2) is 14.0. The van der Waals surface area contributed by atoms with Gasteiger partial charge in [0.25, 0.3) is 5.91 Å². The van der Waals surface area contributed by atoms with Crippen molar-refractivity contribution in [3.8, 4) is 0 Å². The molecular weight excluding hydrogens is 526 g/mol. The monoisotopic (exact) mass is 560 g/mol. The number of hydrogen-bond donors (Lipinski definition) is 3. The van der Waals surface area contributed by atoms with Crippen molar-refractivity contribution in [2.24, 2.45) is 5.92 Å². The molecular formula is C28H34F2N4O6. The third kappa shape index (κ3) is 7.00. The lowest BCUT2D eigenvalue weighted by Gasteiger charge is -2.50. The lowest BCUT2D eigenvalue weighted by molar-refractivity contribution is -0.180. The first-order valence-corrected chi connectivity index (χ1v) is 12.8. The fraction of sp³-hybridized carbons (Fsp3) is 0.393. The molecule has 1 aromatic carbocycles. The first kappa shape index (κ1) is 30.7. The number of fused-ring (bicyclic) bond motifs is 1. The van der Waals surface area contributed by atoms with Crippen molar-refractivity contribution in [3.63, 3.8) is 0 Å². The molecule has 216 valence electrons. The van der Waals surface area contributed by atoms with E-state index in [1.165, 1.54) is 28.1 Å². The standard InChI is InChI=1S/C28H34F2N4O6/c1-4-5-6-8-18(2)27(38)34-17-32(13-7-14-40-3)28(39)23-25(36)24(35)21(16-33(23)34)26(37)31-12-11-19-9-10-20(29)15-22(19)30/h4-6,8-10,15,21,28,36,39H,1,7,11-14,16-17H2,2-3H3,(H,31,37)/b6-5-,18-8+. The highest BCUT2D eigenvalue weighted by molar-refractivity contribution is 6.10. The molecule has 2 aliphatic rings. The van der Waals surface area contributed by atoms with Crippen LogP contribution in [0, 0.1) is 17.6 Å². The van der Waals surface area contributed by atoms with Crippen LogP contribution in [0.15, 0.2) is 66.1 Å². The molecule has 0 radical (unpaired) electrons. The van der Waals surface area contributed by atoms with Crippen molar-refractivity contribution in [1.29, 1.82) is 0 Å². The number of hydrogen-bond acceptors (Lipinski definition) is 8. The van der Waals surface area contributed by atoms with Crippen molar-refractivity contribution in [3.05, 3.63) is 83.3 Å². The van der Waals surface area contributed by atoms with Gasteiger partial charge in [0.05, 0.1) is 13.2 Å². The Morgan fingerprint density at radius 3 is 2.70 bits per heavy atom. The van der Waals surface area contributed by atoms with Gasteiger partial charge in [-0.1, -0.05) is 36.9 Å². The first-order chi connectivity index (χ1) is 19.1. The van der Waals surface area contributed by atoms with Gasteiger partial charge in [-0.15, -0.1) is 0 Å². The summed E-state index contributed by atoms with van der Waals surface area (Å²) < 4.78 is 32.2. The van der Waals surface area contributed by atoms with E-state index < -0.39 is 47.1 Å². The van der Waals surface area contributed by atoms with E-state index in [-0.39, 0.29) is 37.4 Å². The number of nitrogens with zero attached hydrogens (tertiary/aromatic N) is 3. The molecule has 10 nitrogen and oxygen atoms in total. The number of ether oxygens (including phenoxy) is 1. The highest BCUT2D eigenvalue weighted by Gasteiger charge is 2.48. The number of amides is 2. The molecule has 3 N–H and O–H groups in total. The Balaban J connectivity index is 1.85. The largest absolute Gasteiger partial charge is 0.503 e. The Bertz CT molecular complexity index is 1230. The summed E-state index contributed by atoms with van der Waals surface area (Å²) in [5.74, 6) is -5.85. The molecule has 0 saturated carbocycles. The van der Waals surface area contributed by atoms with Gasteiger partial charge in [0.1, 0.15) is 23.2 Å². The second-order valence-corrected chi connectivity index (χ2v) is 9.36. The van der Waals surface area contributed by atoms with Crippen LogP contribution in [0.2, 0.25) is 0 Å². The molecule has 1 saturated heterocycles. The maximum absolute atomic E-state index is 13.9. The summed E-state index contributed by atoms with van der Waals surface area (Å²) in [6.45, 7) is 5.40. The number of nitrogens with one attached hydrogen (secondary N) is 1. The van der Waals surface area contributed by atoms with Crippen LogP contribution in [0.5, 0.6) is 0 Å². The molecule has 2 aliphatic heterocycles. The molecule has 3 rings (SSSR count). The van der Waals surface area contributed by atoms with Gasteiger partial charge >= 0.3 is 0 Å². The van der Waals surface area contributed by atoms with Crippen LogP contribution in [-0.2, 0) is 25.5 Å². The summed E-state index contributed by atoms with van der Waals surface area (Å²) in [4.78, 5) is 41.0. The lowest BCUT2D eigenvalue weighted by Crippen LogP contribution is -2.65. The molecule has 0 bridgehead atoms. The van der Waals surface area contributed by atoms with Crippen LogP contribution in [-0.4, -0.2) is 89.0 Å². The topological polar surface area (TPSA) is 123 Å². The average molecular weight is 561 g/mol. The highest BCUT2D eigenvalue weighted by atomic mass is 19.1. The SMILES string of the molecule is C=C/C=C\C=C(/C)C(=O)N1CN(CCCOC)C(O)C2=C(O)C(=O)C(C(=O)NCCc3ccc(F)cc3F)CN21. The normalized spacial score (nSPS) is 20.2. The number of benzene rings is 1. The third-order valence-electron chi connectivity index (χ3n) is 6.61. The number of allylic oxidation sites excluding steroid dienone is 5. The molecule has 12 heteroatoms. The van der Waals surface area contributed by atoms with E-state index in [1.807, 2.05) is 0 Å². The molecule has 0 aromatic heterocycles. The molecule has 2 unspecified atom stereocenters. The summed E-state index contributed by atoms with van der Waals surface area (Å²) in [7, 11) is 1.53. The Labute approximate surface area is 231 Å². The summed E-state index contributed by atoms with van der Waals surface area (Å²) in [5, 5.41) is 27.0. The molecule has 2 atom stereocenters. The number of aliphatic hydroxyl groups is 2. The zero-order chi connectivity index (χ0) is 29.4. The molecule has 1 aromatic rings. The van der Waals surface area contributed by atoms with Crippen molar-refractivity contribution in [2.45, 2.75) is 26.0 Å². The van der Waals surface area contributed by atoms with Crippen LogP contribution in [0.25, 0.3) is 0 Å². The van der Waals surface area contributed by atoms with Gasteiger partial charge < -0.3 is 20.3 Å². The number of halogens is 2. The molecule has 2 heterocycles. The zero-order valence-electron chi connectivity index (χ0n) is 22.5. The molecule has 2 amide bonds. The number of aliphatic hydroxyl groups excluding tert-OH is 2. The molecule has 40 heavy (non-hydrogen) atoms. The number of hydrazine groups is 1. The van der Waals surface area contributed by atoms with Crippen LogP contribution in [0.1, 0.15) is 18.9 Å². The minimum Gasteiger partial charge on any atom is -0.503 e. The third-order valence-corrected chi connectivity index (χ3v) is 6.61. The molecule has 0 spiro atoms. The summed E-state index contributed by atoms with van der Waals surface area (Å²) in [5.41, 5.74) is 0.303. The Hall–Kier alpha value is -3.87. The van der Waals surface area contributed by atoms with Gasteiger partial charge in [-0.25, -0.2) is 13.8 Å². The Morgan fingerprint density at radius 2 is 2.02 bits per heavy atom. The van der Waals surface area contributed by atoms with E-state index in [0.717, 1.165) is 12.1 Å². The highest BCUT2D eigenvalue weighted by Crippen LogP contribution is 2.32. The molecule has 1 fully saturated rings. The fourth-order valence-corrected chi connectivity index (χ4v) is 4.45. The summed E-state index contributed by atoms with van der Waals surface area (Å²) in [6, 6.07) is 3.10. The van der Waals surface area contributed by atoms with Gasteiger partial charge in [0.15, 0.2) is 12.0 Å². The van der Waals surface area contributed by atoms with E-state index in [2.05, 4.69) is 11.9 Å². The van der Waals surface area contributed by atoms with E-state index in [9.17, 15) is 33.4 Å². The predicted molar refractivity (Wildman–Crippen MR) is 142 cm³/mol. The van der Waals surface area contributed by atoms with E-state index in [0.29, 0.717) is 25.1 Å². The van der Waals surface area contributed by atoms with Gasteiger partial charge in [0.2, 0.25) is 11.7 Å². The second-order valence-electron chi connectivity index (χ2n) is 9.36. The zero-order valence-corrected chi connectivity index (χ0v) is 22.5. The Kier molecular flexibility index (Phi) is 10.7. The van der Waals surface area contributed by atoms with Crippen LogP contribution >= 0.6 is 0 Å². The number of rotatable bonds is 11. The van der Waals surface area contributed by atoms with Crippen molar-refractivity contribution >= 4 is 17.6 Å². The van der Waals surface area contributed by atoms with Crippen LogP contribution < -0.4 is 5.32 Å². The lowest BCUT2D eigenvalue weighted by atomic mass is 9.94. The van der Waals surface area contributed by atoms with Crippen molar-refractivity contribution in [2.75, 3.05) is 40.0 Å². The van der Waals surface area contributed by atoms with Gasteiger partial charge in [-0.3, -0.25) is 24.3 Å². The predicted octanol–water partition coefficient (Wildman–Crippen LogP) is 1.95. The van der Waals surface area contributed by atoms with Crippen molar-refractivity contribution < 1.29 is 38.1 Å². The van der Waals surface area contributed by atoms with Crippen LogP contribution in [0.4, 0.5) is 8.78 Å². The van der Waals surface area contributed by atoms with Gasteiger partial charge in [-0.05, 0) is 31.4 Å². The summed E-state index contributed by atoms with van der Waals surface area (Å²) >= 11 is 0. The Morgan fingerprint density at radius 1 is 1.27 bits per heavy atom. The van der Waals surface area contributed by atoms with Crippen LogP contribution in [0.3, 0.4) is 0 Å². The first-order valence-electron chi connectivity index (χ1n) is 12.8. The van der Waals surface area contributed by atoms with Crippen molar-refractivity contribution in [1.82, 2.24) is 20.2 Å². The minimum absolute atomic E-state index is 0.0392. The number of carbonyl (C=O) groups excluding carboxylic acids is 3. The maximum atomic E-state index is 13.9. The molecule has 0 aliphatic carbocycles. The average Bonchev–Trinajstić information content (AvgIpc) is 2.92. The van der Waals surface area contributed by atoms with Gasteiger partial charge in [0, 0.05) is 38.4 Å².